The van der Waals surface area contributed by atoms with Crippen molar-refractivity contribution in [2.75, 3.05) is 6.54 Å². The van der Waals surface area contributed by atoms with Crippen LogP contribution in [0.4, 0.5) is 4.39 Å². The molecule has 1 heterocycles. The number of nitrogens with zero attached hydrogens (tertiary/aromatic N) is 2. The number of aliphatic hydroxyl groups is 2. The highest BCUT2D eigenvalue weighted by atomic mass is 19.1. The average molecular weight is 462 g/mol. The first kappa shape index (κ1) is 26.2. The summed E-state index contributed by atoms with van der Waals surface area (Å²) in [4.78, 5) is 23.6. The van der Waals surface area contributed by atoms with Gasteiger partial charge < -0.3 is 20.6 Å². The number of aliphatic hydroxyl groups excluding tert-OH is 2. The number of aliphatic carboxylic acids is 1. The molecule has 0 aliphatic heterocycles. The van der Waals surface area contributed by atoms with Crippen molar-refractivity contribution in [2.45, 2.75) is 64.6 Å². The zero-order chi connectivity index (χ0) is 24.5. The van der Waals surface area contributed by atoms with Crippen LogP contribution in [0.5, 0.6) is 0 Å². The van der Waals surface area contributed by atoms with Crippen molar-refractivity contribution in [3.8, 4) is 5.69 Å². The molecule has 2 rings (SSSR count). The second kappa shape index (κ2) is 12.3. The van der Waals surface area contributed by atoms with Crippen LogP contribution in [0.15, 0.2) is 30.3 Å². The molecule has 8 nitrogen and oxygen atoms in total. The van der Waals surface area contributed by atoms with E-state index in [1.807, 2.05) is 20.8 Å². The molecule has 1 amide bonds. The molecule has 0 spiro atoms. The van der Waals surface area contributed by atoms with E-state index in [1.165, 1.54) is 35.0 Å². The van der Waals surface area contributed by atoms with Gasteiger partial charge in [-0.1, -0.05) is 33.3 Å². The third-order valence-electron chi connectivity index (χ3n) is 5.04. The molecule has 180 valence electrons. The molecule has 0 fully saturated rings. The molecule has 1 aromatic carbocycles. The van der Waals surface area contributed by atoms with Crippen LogP contribution >= 0.6 is 0 Å². The minimum absolute atomic E-state index is 0.0967. The number of halogens is 1. The fourth-order valence-electron chi connectivity index (χ4n) is 3.43. The van der Waals surface area contributed by atoms with Gasteiger partial charge in [-0.05, 0) is 42.7 Å². The van der Waals surface area contributed by atoms with Crippen molar-refractivity contribution < 1.29 is 29.3 Å². The summed E-state index contributed by atoms with van der Waals surface area (Å²) in [6, 6.07) is 5.65. The molecule has 0 radical (unpaired) electrons. The van der Waals surface area contributed by atoms with E-state index in [4.69, 9.17) is 5.11 Å². The highest BCUT2D eigenvalue weighted by Gasteiger charge is 2.25. The van der Waals surface area contributed by atoms with Gasteiger partial charge >= 0.3 is 5.97 Å². The van der Waals surface area contributed by atoms with Gasteiger partial charge in [0.1, 0.15) is 5.82 Å². The summed E-state index contributed by atoms with van der Waals surface area (Å²) in [6.07, 6.45) is 1.83. The quantitative estimate of drug-likeness (QED) is 0.360. The second-order valence-corrected chi connectivity index (χ2v) is 8.21. The maximum atomic E-state index is 13.5. The fraction of sp³-hybridized carbons (Fsp3) is 0.458. The van der Waals surface area contributed by atoms with Gasteiger partial charge in [0.2, 0.25) is 0 Å². The number of hydrogen-bond acceptors (Lipinski definition) is 5. The van der Waals surface area contributed by atoms with Crippen molar-refractivity contribution in [2.24, 2.45) is 0 Å². The molecule has 0 bridgehead atoms. The number of aromatic nitrogens is 2. The topological polar surface area (TPSA) is 125 Å². The van der Waals surface area contributed by atoms with Gasteiger partial charge in [0.05, 0.1) is 30.0 Å². The molecule has 4 N–H and O–H groups in total. The highest BCUT2D eigenvalue weighted by Crippen LogP contribution is 2.28. The highest BCUT2D eigenvalue weighted by molar-refractivity contribution is 5.95. The van der Waals surface area contributed by atoms with Crippen molar-refractivity contribution in [1.82, 2.24) is 15.1 Å². The maximum absolute atomic E-state index is 13.5. The van der Waals surface area contributed by atoms with E-state index in [-0.39, 0.29) is 23.9 Å². The Balaban J connectivity index is 2.47. The minimum atomic E-state index is -1.20. The molecule has 33 heavy (non-hydrogen) atoms. The summed E-state index contributed by atoms with van der Waals surface area (Å²) in [6.45, 7) is 6.37. The van der Waals surface area contributed by atoms with Gasteiger partial charge in [0.25, 0.3) is 5.91 Å². The number of carbonyl (C=O) groups is 2. The number of carboxylic acids is 1. The molecule has 2 aromatic rings. The third kappa shape index (κ3) is 7.50. The van der Waals surface area contributed by atoms with E-state index < -0.39 is 30.4 Å². The molecule has 2 atom stereocenters. The largest absolute Gasteiger partial charge is 0.481 e. The zero-order valence-electron chi connectivity index (χ0n) is 19.2. The summed E-state index contributed by atoms with van der Waals surface area (Å²) < 4.78 is 15.0. The van der Waals surface area contributed by atoms with Gasteiger partial charge in [-0.25, -0.2) is 9.07 Å². The number of hydrogen-bond donors (Lipinski definition) is 4. The Morgan fingerprint density at radius 1 is 1.21 bits per heavy atom. The number of rotatable bonds is 12. The van der Waals surface area contributed by atoms with Gasteiger partial charge in [0.15, 0.2) is 5.69 Å². The minimum Gasteiger partial charge on any atom is -0.481 e. The lowest BCUT2D eigenvalue weighted by atomic mass is 9.98. The van der Waals surface area contributed by atoms with Crippen molar-refractivity contribution in [3.05, 3.63) is 53.1 Å². The van der Waals surface area contributed by atoms with Crippen molar-refractivity contribution >= 4 is 18.0 Å². The Morgan fingerprint density at radius 3 is 2.45 bits per heavy atom. The van der Waals surface area contributed by atoms with E-state index in [0.29, 0.717) is 23.5 Å². The maximum Gasteiger partial charge on any atom is 0.305 e. The van der Waals surface area contributed by atoms with E-state index in [2.05, 4.69) is 10.4 Å². The Hall–Kier alpha value is -3.04. The average Bonchev–Trinajstić information content (AvgIpc) is 3.12. The van der Waals surface area contributed by atoms with Crippen LogP contribution in [0.25, 0.3) is 11.8 Å². The van der Waals surface area contributed by atoms with Gasteiger partial charge in [-0.3, -0.25) is 9.59 Å². The SMILES string of the molecule is CCCCNC(=O)c1nn(-c2ccc(F)cc2)c(/C=C/[C@H](O)C[C@@H](O)CC(=O)O)c1C(C)C. The molecular weight excluding hydrogens is 429 g/mol. The van der Waals surface area contributed by atoms with Crippen LogP contribution in [0.2, 0.25) is 0 Å². The van der Waals surface area contributed by atoms with Gasteiger partial charge in [0, 0.05) is 18.5 Å². The Morgan fingerprint density at radius 2 is 1.88 bits per heavy atom. The van der Waals surface area contributed by atoms with Crippen LogP contribution in [-0.4, -0.2) is 55.7 Å². The fourth-order valence-corrected chi connectivity index (χ4v) is 3.43. The van der Waals surface area contributed by atoms with Crippen molar-refractivity contribution in [3.63, 3.8) is 0 Å². The van der Waals surface area contributed by atoms with Crippen molar-refractivity contribution in [1.29, 1.82) is 0 Å². The number of carboxylic acid groups (broad SMARTS) is 1. The predicted octanol–water partition coefficient (Wildman–Crippen LogP) is 3.26. The van der Waals surface area contributed by atoms with Crippen LogP contribution in [0.3, 0.4) is 0 Å². The van der Waals surface area contributed by atoms with Gasteiger partial charge in [-0.15, -0.1) is 0 Å². The first-order valence-corrected chi connectivity index (χ1v) is 11.1. The molecule has 0 aliphatic carbocycles. The molecule has 9 heteroatoms. The van der Waals surface area contributed by atoms with Crippen LogP contribution in [0.1, 0.15) is 74.1 Å². The summed E-state index contributed by atoms with van der Waals surface area (Å²) in [5, 5.41) is 36.2. The molecule has 0 aliphatic rings. The van der Waals surface area contributed by atoms with Gasteiger partial charge in [-0.2, -0.15) is 5.10 Å². The Bertz CT molecular complexity index is 969. The monoisotopic (exact) mass is 461 g/mol. The van der Waals surface area contributed by atoms with Crippen LogP contribution in [0, 0.1) is 5.82 Å². The summed E-state index contributed by atoms with van der Waals surface area (Å²) in [5.74, 6) is -1.98. The summed E-state index contributed by atoms with van der Waals surface area (Å²) in [5.41, 5.74) is 1.96. The van der Waals surface area contributed by atoms with E-state index in [0.717, 1.165) is 12.8 Å². The number of nitrogens with one attached hydrogen (secondary N) is 1. The lowest BCUT2D eigenvalue weighted by Gasteiger charge is -2.12. The normalized spacial score (nSPS) is 13.4. The van der Waals surface area contributed by atoms with E-state index >= 15 is 0 Å². The smallest absolute Gasteiger partial charge is 0.305 e. The first-order chi connectivity index (χ1) is 15.6. The Labute approximate surface area is 192 Å². The zero-order valence-corrected chi connectivity index (χ0v) is 19.2. The third-order valence-corrected chi connectivity index (χ3v) is 5.04. The first-order valence-electron chi connectivity index (χ1n) is 11.1. The summed E-state index contributed by atoms with van der Waals surface area (Å²) >= 11 is 0. The number of amides is 1. The lowest BCUT2D eigenvalue weighted by Crippen LogP contribution is -2.26. The molecule has 1 aromatic heterocycles. The van der Waals surface area contributed by atoms with Crippen LogP contribution < -0.4 is 5.32 Å². The molecular formula is C24H32FN3O5. The lowest BCUT2D eigenvalue weighted by molar-refractivity contribution is -0.139. The number of unbranched alkanes of at least 4 members (excludes halogenated alkanes) is 1. The standard InChI is InChI=1S/C24H32FN3O5/c1-4-5-12-26-24(33)23-22(15(2)3)20(11-10-18(29)13-19(30)14-21(31)32)28(27-23)17-8-6-16(25)7-9-17/h6-11,15,18-19,29-30H,4-5,12-14H2,1-3H3,(H,26,33)(H,31,32)/b11-10+/t18-,19+/m0/s1. The molecule has 0 saturated carbocycles. The van der Waals surface area contributed by atoms with E-state index in [9.17, 15) is 24.2 Å². The number of benzene rings is 1. The Kier molecular flexibility index (Phi) is 9.74. The summed E-state index contributed by atoms with van der Waals surface area (Å²) in [7, 11) is 0. The molecule has 0 unspecified atom stereocenters. The predicted molar refractivity (Wildman–Crippen MR) is 123 cm³/mol. The van der Waals surface area contributed by atoms with E-state index in [1.54, 1.807) is 6.08 Å². The second-order valence-electron chi connectivity index (χ2n) is 8.21. The molecule has 0 saturated heterocycles. The number of carbonyl (C=O) groups excluding carboxylic acids is 1. The van der Waals surface area contributed by atoms with Crippen LogP contribution in [-0.2, 0) is 4.79 Å².